The van der Waals surface area contributed by atoms with Gasteiger partial charge in [0, 0.05) is 12.3 Å². The monoisotopic (exact) mass is 308 g/mol. The molecule has 0 radical (unpaired) electrons. The van der Waals surface area contributed by atoms with Crippen molar-refractivity contribution in [1.82, 2.24) is 14.5 Å². The van der Waals surface area contributed by atoms with Crippen LogP contribution in [0.4, 0.5) is 5.82 Å². The molecule has 1 aliphatic heterocycles. The Balaban J connectivity index is 2.22. The fourth-order valence-corrected chi connectivity index (χ4v) is 2.70. The number of nitrogens with zero attached hydrogens (tertiary/aromatic N) is 3. The molecular weight excluding hydrogens is 292 g/mol. The number of nitrogens with two attached hydrogens (primary N) is 1. The third-order valence-corrected chi connectivity index (χ3v) is 3.92. The Morgan fingerprint density at radius 1 is 1.50 bits per heavy atom. The number of nitrogen functional groups attached to an aromatic ring is 1. The first-order valence-corrected chi connectivity index (χ1v) is 6.66. The minimum absolute atomic E-state index is 0.0150. The van der Waals surface area contributed by atoms with Crippen molar-refractivity contribution in [1.29, 1.82) is 0 Å². The lowest BCUT2D eigenvalue weighted by atomic mass is 9.96. The summed E-state index contributed by atoms with van der Waals surface area (Å²) in [6, 6.07) is 1.25. The molecule has 0 aromatic carbocycles. The van der Waals surface area contributed by atoms with Gasteiger partial charge in [-0.1, -0.05) is 0 Å². The number of aromatic nitrogens is 3. The fraction of sp³-hybridized carbons (Fsp3) is 0.462. The Kier molecular flexibility index (Phi) is 3.37. The molecule has 0 unspecified atom stereocenters. The molecule has 5 N–H and O–H groups in total. The lowest BCUT2D eigenvalue weighted by molar-refractivity contribution is -0.0950. The number of hydrogen-bond acceptors (Lipinski definition) is 8. The minimum atomic E-state index is -1.69. The van der Waals surface area contributed by atoms with E-state index in [1.165, 1.54) is 30.1 Å². The lowest BCUT2D eigenvalue weighted by Gasteiger charge is -2.28. The Morgan fingerprint density at radius 2 is 2.23 bits per heavy atom. The van der Waals surface area contributed by atoms with E-state index >= 15 is 0 Å². The van der Waals surface area contributed by atoms with Crippen LogP contribution in [0.2, 0.25) is 0 Å². The zero-order valence-electron chi connectivity index (χ0n) is 11.7. The van der Waals surface area contributed by atoms with Gasteiger partial charge in [0.1, 0.15) is 35.3 Å². The molecule has 1 saturated heterocycles. The maximum absolute atomic E-state index is 11.9. The predicted octanol–water partition coefficient (Wildman–Crippen LogP) is -1.62. The zero-order valence-corrected chi connectivity index (χ0v) is 11.7. The molecule has 1 aliphatic rings. The number of hydrogen-bond donors (Lipinski definition) is 4. The lowest BCUT2D eigenvalue weighted by Crippen LogP contribution is -2.44. The quantitative estimate of drug-likeness (QED) is 0.518. The molecule has 0 aliphatic carbocycles. The molecule has 4 atom stereocenters. The normalized spacial score (nSPS) is 31.7. The van der Waals surface area contributed by atoms with Crippen molar-refractivity contribution in [3.63, 3.8) is 0 Å². The molecule has 22 heavy (non-hydrogen) atoms. The summed E-state index contributed by atoms with van der Waals surface area (Å²) in [5.74, 6) is 0.0150. The molecule has 0 amide bonds. The maximum Gasteiger partial charge on any atom is 0.194 e. The van der Waals surface area contributed by atoms with Crippen LogP contribution in [-0.2, 0) is 4.74 Å². The number of aliphatic hydroxyl groups is 3. The van der Waals surface area contributed by atoms with Crippen molar-refractivity contribution < 1.29 is 20.1 Å². The van der Waals surface area contributed by atoms with Gasteiger partial charge in [-0.25, -0.2) is 9.97 Å². The topological polar surface area (TPSA) is 144 Å². The molecule has 9 heteroatoms. The largest absolute Gasteiger partial charge is 0.394 e. The van der Waals surface area contributed by atoms with Gasteiger partial charge >= 0.3 is 0 Å². The number of fused-ring (bicyclic) bond motifs is 1. The average molecular weight is 308 g/mol. The van der Waals surface area contributed by atoms with Crippen molar-refractivity contribution in [3.05, 3.63) is 28.8 Å². The number of ether oxygens (including phenoxy) is 1. The first-order chi connectivity index (χ1) is 10.4. The van der Waals surface area contributed by atoms with Crippen LogP contribution in [0.5, 0.6) is 0 Å². The van der Waals surface area contributed by atoms with Crippen LogP contribution in [0.3, 0.4) is 0 Å². The van der Waals surface area contributed by atoms with Crippen molar-refractivity contribution in [2.45, 2.75) is 31.0 Å². The van der Waals surface area contributed by atoms with Crippen LogP contribution in [-0.4, -0.2) is 54.3 Å². The number of anilines is 1. The van der Waals surface area contributed by atoms with E-state index in [1.807, 2.05) is 0 Å². The fourth-order valence-electron chi connectivity index (χ4n) is 2.70. The second-order valence-electron chi connectivity index (χ2n) is 5.42. The number of pyridine rings is 1. The van der Waals surface area contributed by atoms with Crippen molar-refractivity contribution in [2.75, 3.05) is 12.3 Å². The van der Waals surface area contributed by atoms with Gasteiger partial charge in [0.2, 0.25) is 0 Å². The van der Waals surface area contributed by atoms with Crippen molar-refractivity contribution >= 4 is 16.9 Å². The highest BCUT2D eigenvalue weighted by atomic mass is 16.6. The summed E-state index contributed by atoms with van der Waals surface area (Å²) in [5.41, 5.74) is 3.85. The first kappa shape index (κ1) is 14.9. The number of aliphatic hydroxyl groups excluding tert-OH is 2. The highest BCUT2D eigenvalue weighted by Gasteiger charge is 2.53. The van der Waals surface area contributed by atoms with Gasteiger partial charge in [-0.05, 0) is 6.92 Å². The summed E-state index contributed by atoms with van der Waals surface area (Å²) < 4.78 is 6.92. The molecule has 118 valence electrons. The van der Waals surface area contributed by atoms with E-state index in [1.54, 1.807) is 0 Å². The van der Waals surface area contributed by atoms with Gasteiger partial charge in [-0.2, -0.15) is 0 Å². The van der Waals surface area contributed by atoms with Crippen molar-refractivity contribution in [3.8, 4) is 0 Å². The SMILES string of the molecule is C[C@@]1(O)[C@H](O)[C@@H](CO)O[C@H]1n1ccc(=O)c2c(N)ncnc21. The zero-order chi connectivity index (χ0) is 16.1. The van der Waals surface area contributed by atoms with Crippen LogP contribution >= 0.6 is 0 Å². The Morgan fingerprint density at radius 3 is 2.86 bits per heavy atom. The molecule has 0 spiro atoms. The summed E-state index contributed by atoms with van der Waals surface area (Å²) >= 11 is 0. The maximum atomic E-state index is 11.9. The van der Waals surface area contributed by atoms with Gasteiger partial charge in [0.05, 0.1) is 6.61 Å². The molecule has 3 heterocycles. The van der Waals surface area contributed by atoms with E-state index in [-0.39, 0.29) is 22.3 Å². The van der Waals surface area contributed by atoms with Gasteiger partial charge in [-0.15, -0.1) is 0 Å². The summed E-state index contributed by atoms with van der Waals surface area (Å²) in [6.45, 7) is 0.926. The van der Waals surface area contributed by atoms with Gasteiger partial charge in [-0.3, -0.25) is 4.79 Å². The van der Waals surface area contributed by atoms with Crippen molar-refractivity contribution in [2.24, 2.45) is 0 Å². The van der Waals surface area contributed by atoms with Crippen LogP contribution in [0, 0.1) is 0 Å². The molecule has 2 aromatic heterocycles. The molecule has 3 rings (SSSR count). The summed E-state index contributed by atoms with van der Waals surface area (Å²) in [7, 11) is 0. The Labute approximate surface area is 124 Å². The van der Waals surface area contributed by atoms with Gasteiger partial charge < -0.3 is 30.4 Å². The van der Waals surface area contributed by atoms with Crippen LogP contribution < -0.4 is 11.2 Å². The van der Waals surface area contributed by atoms with E-state index in [0.29, 0.717) is 0 Å². The van der Waals surface area contributed by atoms with Gasteiger partial charge in [0.25, 0.3) is 0 Å². The first-order valence-electron chi connectivity index (χ1n) is 6.66. The standard InChI is InChI=1S/C13H16N4O5/c1-13(21)9(20)7(4-18)22-12(13)17-3-2-6(19)8-10(14)15-5-16-11(8)17/h2-3,5,7,9,12,18,20-21H,4H2,1H3,(H2,14,15,16)/t7-,9-,12-,13-/m1/s1. The second kappa shape index (κ2) is 4.99. The third kappa shape index (κ3) is 1.98. The summed E-state index contributed by atoms with van der Waals surface area (Å²) in [4.78, 5) is 19.8. The Bertz CT molecular complexity index is 775. The van der Waals surface area contributed by atoms with E-state index < -0.39 is 30.6 Å². The predicted molar refractivity (Wildman–Crippen MR) is 75.8 cm³/mol. The van der Waals surface area contributed by atoms with Crippen LogP contribution in [0.1, 0.15) is 13.2 Å². The molecule has 9 nitrogen and oxygen atoms in total. The molecule has 0 bridgehead atoms. The van der Waals surface area contributed by atoms with Crippen LogP contribution in [0.25, 0.3) is 11.0 Å². The van der Waals surface area contributed by atoms with E-state index in [4.69, 9.17) is 10.5 Å². The Hall–Kier alpha value is -2.07. The summed E-state index contributed by atoms with van der Waals surface area (Å²) in [5, 5.41) is 29.9. The molecular formula is C13H16N4O5. The highest BCUT2D eigenvalue weighted by molar-refractivity contribution is 5.84. The van der Waals surface area contributed by atoms with E-state index in [0.717, 1.165) is 0 Å². The second-order valence-corrected chi connectivity index (χ2v) is 5.42. The highest BCUT2D eigenvalue weighted by Crippen LogP contribution is 2.38. The average Bonchev–Trinajstić information content (AvgIpc) is 2.71. The molecule has 2 aromatic rings. The third-order valence-electron chi connectivity index (χ3n) is 3.92. The minimum Gasteiger partial charge on any atom is -0.394 e. The smallest absolute Gasteiger partial charge is 0.194 e. The molecule has 0 saturated carbocycles. The van der Waals surface area contributed by atoms with E-state index in [2.05, 4.69) is 9.97 Å². The van der Waals surface area contributed by atoms with E-state index in [9.17, 15) is 20.1 Å². The summed E-state index contributed by atoms with van der Waals surface area (Å²) in [6.07, 6.45) is -0.707. The van der Waals surface area contributed by atoms with Gasteiger partial charge in [0.15, 0.2) is 17.3 Å². The number of rotatable bonds is 2. The molecule has 1 fully saturated rings. The van der Waals surface area contributed by atoms with Crippen LogP contribution in [0.15, 0.2) is 23.4 Å².